The van der Waals surface area contributed by atoms with Crippen molar-refractivity contribution >= 4 is 0 Å². The van der Waals surface area contributed by atoms with Gasteiger partial charge in [-0.1, -0.05) is 6.58 Å². The monoisotopic (exact) mass is 186 g/mol. The van der Waals surface area contributed by atoms with Gasteiger partial charge in [-0.25, -0.2) is 0 Å². The minimum Gasteiger partial charge on any atom is -0.389 e. The summed E-state index contributed by atoms with van der Waals surface area (Å²) in [6, 6.07) is 0. The van der Waals surface area contributed by atoms with Gasteiger partial charge in [0, 0.05) is 19.6 Å². The Morgan fingerprint density at radius 3 is 2.46 bits per heavy atom. The van der Waals surface area contributed by atoms with Crippen LogP contribution in [0.2, 0.25) is 0 Å². The van der Waals surface area contributed by atoms with Crippen LogP contribution < -0.4 is 5.32 Å². The van der Waals surface area contributed by atoms with Crippen LogP contribution in [0.1, 0.15) is 13.8 Å². The Morgan fingerprint density at radius 1 is 1.54 bits per heavy atom. The fourth-order valence-corrected chi connectivity index (χ4v) is 1.40. The molecule has 0 spiro atoms. The van der Waals surface area contributed by atoms with Crippen molar-refractivity contribution in [3.05, 3.63) is 12.2 Å². The van der Waals surface area contributed by atoms with Crippen molar-refractivity contribution in [2.45, 2.75) is 19.4 Å². The summed E-state index contributed by atoms with van der Waals surface area (Å²) in [5, 5.41) is 12.6. The molecule has 0 unspecified atom stereocenters. The Kier molecular flexibility index (Phi) is 5.21. The topological polar surface area (TPSA) is 35.5 Å². The lowest BCUT2D eigenvalue weighted by molar-refractivity contribution is 0.0472. The van der Waals surface area contributed by atoms with Crippen molar-refractivity contribution in [2.75, 3.05) is 33.7 Å². The average Bonchev–Trinajstić information content (AvgIpc) is 1.81. The Balaban J connectivity index is 3.74. The number of hydrogen-bond donors (Lipinski definition) is 2. The van der Waals surface area contributed by atoms with Gasteiger partial charge in [-0.05, 0) is 33.5 Å². The molecule has 2 N–H and O–H groups in total. The predicted molar refractivity (Wildman–Crippen MR) is 56.9 cm³/mol. The van der Waals surface area contributed by atoms with Crippen molar-refractivity contribution in [3.8, 4) is 0 Å². The van der Waals surface area contributed by atoms with Gasteiger partial charge in [-0.15, -0.1) is 0 Å². The van der Waals surface area contributed by atoms with Gasteiger partial charge in [0.1, 0.15) is 0 Å². The fraction of sp³-hybridized carbons (Fsp3) is 0.800. The number of nitrogens with one attached hydrogen (secondary N) is 1. The van der Waals surface area contributed by atoms with Crippen LogP contribution in [0.15, 0.2) is 12.2 Å². The molecule has 0 atom stereocenters. The third-order valence-electron chi connectivity index (χ3n) is 1.58. The van der Waals surface area contributed by atoms with Gasteiger partial charge in [0.05, 0.1) is 5.60 Å². The van der Waals surface area contributed by atoms with Gasteiger partial charge in [0.25, 0.3) is 0 Å². The standard InChI is InChI=1S/C10H22N2O/c1-9(6-11-4)7-12(5)8-10(2,3)13/h11,13H,1,6-8H2,2-5H3. The van der Waals surface area contributed by atoms with Crippen LogP contribution in [0.25, 0.3) is 0 Å². The molecule has 0 fully saturated rings. The van der Waals surface area contributed by atoms with E-state index in [1.54, 1.807) is 0 Å². The van der Waals surface area contributed by atoms with E-state index in [9.17, 15) is 5.11 Å². The predicted octanol–water partition coefficient (Wildman–Crippen LogP) is 0.465. The van der Waals surface area contributed by atoms with Crippen LogP contribution in [-0.4, -0.2) is 49.3 Å². The van der Waals surface area contributed by atoms with E-state index in [-0.39, 0.29) is 0 Å². The highest BCUT2D eigenvalue weighted by atomic mass is 16.3. The molecular weight excluding hydrogens is 164 g/mol. The van der Waals surface area contributed by atoms with E-state index in [4.69, 9.17) is 0 Å². The molecule has 0 aromatic rings. The van der Waals surface area contributed by atoms with E-state index < -0.39 is 5.60 Å². The summed E-state index contributed by atoms with van der Waals surface area (Å²) in [6.07, 6.45) is 0. The SMILES string of the molecule is C=C(CNC)CN(C)CC(C)(C)O. The van der Waals surface area contributed by atoms with Crippen LogP contribution >= 0.6 is 0 Å². The Labute approximate surface area is 81.4 Å². The zero-order valence-electron chi connectivity index (χ0n) is 9.22. The Bertz CT molecular complexity index is 161. The molecular formula is C10H22N2O. The third kappa shape index (κ3) is 7.96. The van der Waals surface area contributed by atoms with Gasteiger partial charge in [0.2, 0.25) is 0 Å². The number of hydrogen-bond acceptors (Lipinski definition) is 3. The molecule has 0 aliphatic rings. The smallest absolute Gasteiger partial charge is 0.0718 e. The molecule has 0 rings (SSSR count). The summed E-state index contributed by atoms with van der Waals surface area (Å²) in [4.78, 5) is 2.07. The number of likely N-dealkylation sites (N-methyl/N-ethyl adjacent to an activating group) is 2. The maximum atomic E-state index is 9.54. The molecule has 13 heavy (non-hydrogen) atoms. The molecule has 78 valence electrons. The van der Waals surface area contributed by atoms with Gasteiger partial charge >= 0.3 is 0 Å². The van der Waals surface area contributed by atoms with Crippen molar-refractivity contribution in [1.29, 1.82) is 0 Å². The molecule has 0 aromatic carbocycles. The van der Waals surface area contributed by atoms with Gasteiger partial charge in [-0.2, -0.15) is 0 Å². The Hall–Kier alpha value is -0.380. The molecule has 0 amide bonds. The molecule has 0 bridgehead atoms. The van der Waals surface area contributed by atoms with E-state index >= 15 is 0 Å². The average molecular weight is 186 g/mol. The van der Waals surface area contributed by atoms with Crippen LogP contribution in [0, 0.1) is 0 Å². The summed E-state index contributed by atoms with van der Waals surface area (Å²) < 4.78 is 0. The van der Waals surface area contributed by atoms with Gasteiger partial charge < -0.3 is 10.4 Å². The van der Waals surface area contributed by atoms with E-state index in [1.807, 2.05) is 27.9 Å². The van der Waals surface area contributed by atoms with Crippen molar-refractivity contribution in [3.63, 3.8) is 0 Å². The van der Waals surface area contributed by atoms with E-state index in [0.29, 0.717) is 6.54 Å². The molecule has 0 aliphatic carbocycles. The summed E-state index contributed by atoms with van der Waals surface area (Å²) >= 11 is 0. The lowest BCUT2D eigenvalue weighted by Gasteiger charge is -2.25. The second-order valence-electron chi connectivity index (χ2n) is 4.27. The molecule has 0 saturated heterocycles. The molecule has 0 aromatic heterocycles. The third-order valence-corrected chi connectivity index (χ3v) is 1.58. The largest absolute Gasteiger partial charge is 0.389 e. The van der Waals surface area contributed by atoms with Crippen LogP contribution in [-0.2, 0) is 0 Å². The minimum atomic E-state index is -0.630. The second-order valence-corrected chi connectivity index (χ2v) is 4.27. The number of aliphatic hydroxyl groups is 1. The molecule has 0 heterocycles. The van der Waals surface area contributed by atoms with Gasteiger partial charge in [0.15, 0.2) is 0 Å². The summed E-state index contributed by atoms with van der Waals surface area (Å²) in [5.41, 5.74) is 0.503. The molecule has 0 radical (unpaired) electrons. The molecule has 3 heteroatoms. The Morgan fingerprint density at radius 2 is 2.08 bits per heavy atom. The van der Waals surface area contributed by atoms with Gasteiger partial charge in [-0.3, -0.25) is 4.90 Å². The lowest BCUT2D eigenvalue weighted by atomic mass is 10.1. The van der Waals surface area contributed by atoms with Crippen LogP contribution in [0.3, 0.4) is 0 Å². The first-order chi connectivity index (χ1) is 5.85. The first-order valence-corrected chi connectivity index (χ1v) is 4.57. The zero-order valence-corrected chi connectivity index (χ0v) is 9.22. The van der Waals surface area contributed by atoms with Crippen molar-refractivity contribution in [1.82, 2.24) is 10.2 Å². The minimum absolute atomic E-state index is 0.630. The highest BCUT2D eigenvalue weighted by molar-refractivity contribution is 4.99. The van der Waals surface area contributed by atoms with Crippen molar-refractivity contribution in [2.24, 2.45) is 0 Å². The summed E-state index contributed by atoms with van der Waals surface area (Å²) in [7, 11) is 3.89. The van der Waals surface area contributed by atoms with Crippen molar-refractivity contribution < 1.29 is 5.11 Å². The first-order valence-electron chi connectivity index (χ1n) is 4.57. The normalized spacial score (nSPS) is 12.2. The zero-order chi connectivity index (χ0) is 10.5. The maximum absolute atomic E-state index is 9.54. The first kappa shape index (κ1) is 12.6. The van der Waals surface area contributed by atoms with Crippen LogP contribution in [0.5, 0.6) is 0 Å². The molecule has 0 saturated carbocycles. The fourth-order valence-electron chi connectivity index (χ4n) is 1.40. The molecule has 0 aliphatic heterocycles. The number of rotatable bonds is 6. The maximum Gasteiger partial charge on any atom is 0.0718 e. The quantitative estimate of drug-likeness (QED) is 0.592. The lowest BCUT2D eigenvalue weighted by Crippen LogP contribution is -2.37. The van der Waals surface area contributed by atoms with E-state index in [2.05, 4.69) is 16.8 Å². The second kappa shape index (κ2) is 5.37. The highest BCUT2D eigenvalue weighted by Crippen LogP contribution is 2.04. The highest BCUT2D eigenvalue weighted by Gasteiger charge is 2.15. The summed E-state index contributed by atoms with van der Waals surface area (Å²) in [5.74, 6) is 0. The van der Waals surface area contributed by atoms with E-state index in [0.717, 1.165) is 18.7 Å². The summed E-state index contributed by atoms with van der Waals surface area (Å²) in [6.45, 7) is 9.86. The van der Waals surface area contributed by atoms with E-state index in [1.165, 1.54) is 0 Å². The number of nitrogens with zero attached hydrogens (tertiary/aromatic N) is 1. The molecule has 3 nitrogen and oxygen atoms in total. The van der Waals surface area contributed by atoms with Crippen LogP contribution in [0.4, 0.5) is 0 Å².